The first kappa shape index (κ1) is 19.2. The molecule has 0 saturated carbocycles. The lowest BCUT2D eigenvalue weighted by molar-refractivity contribution is -0.127. The Labute approximate surface area is 124 Å². The molecule has 0 fully saturated rings. The second kappa shape index (κ2) is 10.9. The molecule has 116 valence electrons. The Morgan fingerprint density at radius 2 is 1.86 bits per heavy atom. The number of rotatable bonds is 4. The van der Waals surface area contributed by atoms with E-state index in [1.54, 1.807) is 6.92 Å². The van der Waals surface area contributed by atoms with E-state index in [1.807, 2.05) is 30.3 Å². The van der Waals surface area contributed by atoms with Gasteiger partial charge >= 0.3 is 14.1 Å². The van der Waals surface area contributed by atoms with Crippen LogP contribution in [0.2, 0.25) is 0 Å². The topological polar surface area (TPSA) is 110 Å². The Hall–Kier alpha value is -1.82. The van der Waals surface area contributed by atoms with Crippen molar-refractivity contribution in [3.05, 3.63) is 35.9 Å². The molecule has 1 unspecified atom stereocenters. The molecular formula is C13H20N2O5P+. The first-order chi connectivity index (χ1) is 9.92. The third kappa shape index (κ3) is 8.86. The fourth-order valence-corrected chi connectivity index (χ4v) is 1.31. The van der Waals surface area contributed by atoms with Gasteiger partial charge in [-0.2, -0.15) is 4.89 Å². The summed E-state index contributed by atoms with van der Waals surface area (Å²) in [5, 5.41) is 0. The molecule has 0 aliphatic rings. The largest absolute Gasteiger partial charge is 0.502 e. The highest BCUT2D eigenvalue weighted by Gasteiger charge is 2.19. The third-order valence-electron chi connectivity index (χ3n) is 2.22. The van der Waals surface area contributed by atoms with E-state index in [0.717, 1.165) is 10.5 Å². The first-order valence-corrected chi connectivity index (χ1v) is 7.89. The summed E-state index contributed by atoms with van der Waals surface area (Å²) in [4.78, 5) is 31.4. The Bertz CT molecular complexity index is 463. The molecule has 0 aliphatic heterocycles. The van der Waals surface area contributed by atoms with Gasteiger partial charge in [-0.05, 0) is 17.1 Å². The van der Waals surface area contributed by atoms with Gasteiger partial charge in [0.1, 0.15) is 6.61 Å². The number of nitrogens with two attached hydrogens (primary N) is 1. The van der Waals surface area contributed by atoms with Crippen LogP contribution in [0.3, 0.4) is 0 Å². The molecule has 0 bridgehead atoms. The van der Waals surface area contributed by atoms with Crippen LogP contribution in [0, 0.1) is 0 Å². The lowest BCUT2D eigenvalue weighted by Gasteiger charge is -2.17. The van der Waals surface area contributed by atoms with Gasteiger partial charge in [-0.25, -0.2) is 9.69 Å². The van der Waals surface area contributed by atoms with Crippen molar-refractivity contribution >= 4 is 20.0 Å². The number of ether oxygens (including phenoxy) is 1. The van der Waals surface area contributed by atoms with Crippen molar-refractivity contribution in [3.63, 3.8) is 0 Å². The molecule has 0 radical (unpaired) electrons. The van der Waals surface area contributed by atoms with E-state index in [-0.39, 0.29) is 19.7 Å². The summed E-state index contributed by atoms with van der Waals surface area (Å²) in [6.45, 7) is 3.12. The Kier molecular flexibility index (Phi) is 9.96. The van der Waals surface area contributed by atoms with Crippen molar-refractivity contribution in [3.8, 4) is 0 Å². The van der Waals surface area contributed by atoms with Crippen LogP contribution in [-0.4, -0.2) is 41.5 Å². The van der Waals surface area contributed by atoms with Crippen LogP contribution in [0.4, 0.5) is 4.79 Å². The molecule has 7 nitrogen and oxygen atoms in total. The minimum Gasteiger partial charge on any atom is -0.444 e. The maximum absolute atomic E-state index is 11.6. The van der Waals surface area contributed by atoms with E-state index in [1.165, 1.54) is 6.66 Å². The lowest BCUT2D eigenvalue weighted by Crippen LogP contribution is -2.40. The normalized spacial score (nSPS) is 10.0. The van der Waals surface area contributed by atoms with E-state index in [9.17, 15) is 9.59 Å². The number of hydrogen-bond donors (Lipinski definition) is 2. The highest BCUT2D eigenvalue weighted by Crippen LogP contribution is 2.03. The number of amides is 2. The fraction of sp³-hybridized carbons (Fsp3) is 0.385. The molecule has 1 aromatic rings. The molecule has 0 aliphatic carbocycles. The molecule has 0 spiro atoms. The second-order valence-electron chi connectivity index (χ2n) is 3.85. The lowest BCUT2D eigenvalue weighted by atomic mass is 10.2. The van der Waals surface area contributed by atoms with Crippen LogP contribution in [0.15, 0.2) is 30.3 Å². The molecule has 2 amide bonds. The summed E-state index contributed by atoms with van der Waals surface area (Å²) >= 11 is 0. The number of likely N-dealkylation sites (N-methyl/N-ethyl adjacent to an activating group) is 1. The fourth-order valence-electron chi connectivity index (χ4n) is 1.31. The van der Waals surface area contributed by atoms with Crippen molar-refractivity contribution in [2.24, 2.45) is 5.73 Å². The Balaban J connectivity index is 0.000000885. The average molecular weight is 315 g/mol. The molecular weight excluding hydrogens is 295 g/mol. The van der Waals surface area contributed by atoms with E-state index in [4.69, 9.17) is 19.9 Å². The average Bonchev–Trinajstić information content (AvgIpc) is 2.46. The van der Waals surface area contributed by atoms with Gasteiger partial charge in [0.25, 0.3) is 0 Å². The quantitative estimate of drug-likeness (QED) is 0.814. The van der Waals surface area contributed by atoms with E-state index in [2.05, 4.69) is 0 Å². The zero-order chi connectivity index (χ0) is 16.3. The zero-order valence-corrected chi connectivity index (χ0v) is 13.0. The van der Waals surface area contributed by atoms with Gasteiger partial charge in [-0.1, -0.05) is 30.3 Å². The highest BCUT2D eigenvalue weighted by atomic mass is 31.1. The minimum absolute atomic E-state index is 0.147. The van der Waals surface area contributed by atoms with Crippen molar-refractivity contribution < 1.29 is 23.8 Å². The van der Waals surface area contributed by atoms with Gasteiger partial charge in [0.2, 0.25) is 5.91 Å². The molecule has 0 aromatic heterocycles. The molecule has 1 rings (SSSR count). The minimum atomic E-state index is -1.87. The van der Waals surface area contributed by atoms with Crippen LogP contribution in [-0.2, 0) is 20.7 Å². The number of benzene rings is 1. The summed E-state index contributed by atoms with van der Waals surface area (Å²) < 4.78 is 14.2. The van der Waals surface area contributed by atoms with Crippen molar-refractivity contribution in [2.75, 3.05) is 19.8 Å². The van der Waals surface area contributed by atoms with E-state index >= 15 is 0 Å². The monoisotopic (exact) mass is 315 g/mol. The Morgan fingerprint density at radius 1 is 1.33 bits per heavy atom. The summed E-state index contributed by atoms with van der Waals surface area (Å²) in [7, 11) is -1.87. The summed E-state index contributed by atoms with van der Waals surface area (Å²) in [6, 6.07) is 9.27. The molecule has 1 atom stereocenters. The van der Waals surface area contributed by atoms with Crippen LogP contribution >= 0.6 is 8.03 Å². The molecule has 3 N–H and O–H groups in total. The van der Waals surface area contributed by atoms with Gasteiger partial charge in [0.05, 0.1) is 6.54 Å². The second-order valence-corrected chi connectivity index (χ2v) is 4.77. The Morgan fingerprint density at radius 3 is 2.29 bits per heavy atom. The number of carbonyl (C=O) groups is 2. The van der Waals surface area contributed by atoms with Gasteiger partial charge in [0.15, 0.2) is 6.66 Å². The molecule has 8 heteroatoms. The molecule has 0 heterocycles. The van der Waals surface area contributed by atoms with Gasteiger partial charge in [-0.15, -0.1) is 0 Å². The first-order valence-electron chi connectivity index (χ1n) is 6.23. The smallest absolute Gasteiger partial charge is 0.444 e. The standard InChI is InChI=1S/C12H16N2O3.CH3O2P/c1-2-14(11(15)8-13)12(16)17-9-10-6-4-3-5-7-10;1-4(2)3/h3-7H,2,8-9,13H2,1H3;1H3/p+1. The molecule has 1 aromatic carbocycles. The van der Waals surface area contributed by atoms with Gasteiger partial charge in [-0.3, -0.25) is 4.79 Å². The van der Waals surface area contributed by atoms with E-state index in [0.29, 0.717) is 0 Å². The van der Waals surface area contributed by atoms with Crippen LogP contribution in [0.5, 0.6) is 0 Å². The number of nitrogens with zero attached hydrogens (tertiary/aromatic N) is 1. The van der Waals surface area contributed by atoms with Crippen molar-refractivity contribution in [1.82, 2.24) is 4.90 Å². The third-order valence-corrected chi connectivity index (χ3v) is 2.22. The number of imide groups is 1. The van der Waals surface area contributed by atoms with Crippen molar-refractivity contribution in [1.29, 1.82) is 0 Å². The highest BCUT2D eigenvalue weighted by molar-refractivity contribution is 7.36. The molecule has 21 heavy (non-hydrogen) atoms. The summed E-state index contributed by atoms with van der Waals surface area (Å²) in [6.07, 6.45) is -0.660. The maximum Gasteiger partial charge on any atom is 0.502 e. The van der Waals surface area contributed by atoms with Crippen molar-refractivity contribution in [2.45, 2.75) is 13.5 Å². The zero-order valence-electron chi connectivity index (χ0n) is 12.1. The van der Waals surface area contributed by atoms with Gasteiger partial charge < -0.3 is 10.5 Å². The number of carbonyl (C=O) groups excluding carboxylic acids is 2. The number of hydrogen-bond acceptors (Lipinski definition) is 5. The van der Waals surface area contributed by atoms with Crippen LogP contribution < -0.4 is 5.73 Å². The van der Waals surface area contributed by atoms with Crippen LogP contribution in [0.1, 0.15) is 12.5 Å². The molecule has 0 saturated heterocycles. The maximum atomic E-state index is 11.6. The van der Waals surface area contributed by atoms with Crippen LogP contribution in [0.25, 0.3) is 0 Å². The van der Waals surface area contributed by atoms with E-state index < -0.39 is 20.0 Å². The summed E-state index contributed by atoms with van der Waals surface area (Å²) in [5.74, 6) is -0.439. The predicted octanol–water partition coefficient (Wildman–Crippen LogP) is 1.48. The SMILES string of the molecule is CCN(C(=O)CN)C(=O)OCc1ccccc1.C[P+](=O)O. The van der Waals surface area contributed by atoms with Gasteiger partial charge in [0, 0.05) is 6.54 Å². The predicted molar refractivity (Wildman–Crippen MR) is 78.8 cm³/mol. The summed E-state index contributed by atoms with van der Waals surface area (Å²) in [5.41, 5.74) is 6.07.